The number of nitrogen functional groups attached to an aromatic ring is 1. The number of pyridine rings is 1. The van der Waals surface area contributed by atoms with Gasteiger partial charge in [0.25, 0.3) is 0 Å². The van der Waals surface area contributed by atoms with Gasteiger partial charge < -0.3 is 15.4 Å². The quantitative estimate of drug-likeness (QED) is 0.114. The van der Waals surface area contributed by atoms with Crippen molar-refractivity contribution in [3.05, 3.63) is 185 Å². The second-order valence-electron chi connectivity index (χ2n) is 13.0. The van der Waals surface area contributed by atoms with Gasteiger partial charge in [-0.05, 0) is 84.5 Å². The number of halogens is 1. The van der Waals surface area contributed by atoms with E-state index >= 15 is 0 Å². The minimum Gasteiger partial charge on any atom is -0.453 e. The van der Waals surface area contributed by atoms with Gasteiger partial charge in [0.2, 0.25) is 0 Å². The first-order valence-electron chi connectivity index (χ1n) is 17.3. The number of carbonyl (C=O) groups excluding carboxylic acids is 1. The normalized spacial score (nSPS) is 12.1. The number of rotatable bonds is 10. The van der Waals surface area contributed by atoms with Crippen molar-refractivity contribution in [2.45, 2.75) is 31.8 Å². The van der Waals surface area contributed by atoms with Gasteiger partial charge in [0.15, 0.2) is 0 Å². The first-order chi connectivity index (χ1) is 25.3. The van der Waals surface area contributed by atoms with Gasteiger partial charge in [-0.3, -0.25) is 4.98 Å². The monoisotopic (exact) mass is 689 g/mol. The van der Waals surface area contributed by atoms with Crippen LogP contribution in [0.3, 0.4) is 0 Å². The molecule has 0 aliphatic carbocycles. The Morgan fingerprint density at radius 3 is 1.96 bits per heavy atom. The Bertz CT molecular complexity index is 2210. The van der Waals surface area contributed by atoms with E-state index in [1.165, 1.54) is 19.2 Å². The van der Waals surface area contributed by atoms with Crippen molar-refractivity contribution < 1.29 is 13.9 Å². The number of benzene rings is 5. The number of ether oxygens (including phenoxy) is 1. The van der Waals surface area contributed by atoms with Gasteiger partial charge in [0.1, 0.15) is 17.1 Å². The average molecular weight is 690 g/mol. The third-order valence-corrected chi connectivity index (χ3v) is 9.85. The second-order valence-corrected chi connectivity index (χ2v) is 13.0. The lowest BCUT2D eigenvalue weighted by Crippen LogP contribution is -2.38. The predicted octanol–water partition coefficient (Wildman–Crippen LogP) is 9.34. The molecule has 1 atom stereocenters. The summed E-state index contributed by atoms with van der Waals surface area (Å²) in [4.78, 5) is 19.2. The summed E-state index contributed by atoms with van der Waals surface area (Å²) < 4.78 is 21.0. The molecule has 0 saturated carbocycles. The summed E-state index contributed by atoms with van der Waals surface area (Å²) in [5, 5.41) is 6.43. The highest BCUT2D eigenvalue weighted by molar-refractivity contribution is 5.96. The number of aromatic nitrogens is 3. The van der Waals surface area contributed by atoms with Gasteiger partial charge >= 0.3 is 6.09 Å². The van der Waals surface area contributed by atoms with Crippen molar-refractivity contribution in [2.75, 3.05) is 19.4 Å². The molecule has 2 aromatic heterocycles. The van der Waals surface area contributed by atoms with Gasteiger partial charge in [0.05, 0.1) is 18.7 Å². The van der Waals surface area contributed by atoms with Crippen LogP contribution in [0.4, 0.5) is 14.9 Å². The lowest BCUT2D eigenvalue weighted by atomic mass is 9.77. The van der Waals surface area contributed by atoms with Gasteiger partial charge in [0, 0.05) is 35.1 Å². The highest BCUT2D eigenvalue weighted by atomic mass is 19.1. The minimum absolute atomic E-state index is 0.320. The molecular weight excluding hydrogens is 650 g/mol. The SMILES string of the molecule is COC(=O)N(CCc1cc2c(-c3ccnc(C)c3)nn(C(c3ccccc3)(c3ccccc3)c3ccccc3)c2cc1N)[C@H](C)c1ccc(F)cc1. The maximum Gasteiger partial charge on any atom is 0.409 e. The molecule has 0 radical (unpaired) electrons. The largest absolute Gasteiger partial charge is 0.453 e. The van der Waals surface area contributed by atoms with Gasteiger partial charge in [-0.25, -0.2) is 13.9 Å². The van der Waals surface area contributed by atoms with E-state index < -0.39 is 11.6 Å². The second kappa shape index (κ2) is 14.5. The average Bonchev–Trinajstić information content (AvgIpc) is 3.54. The topological polar surface area (TPSA) is 86.3 Å². The third kappa shape index (κ3) is 6.28. The molecule has 7 nitrogen and oxygen atoms in total. The smallest absolute Gasteiger partial charge is 0.409 e. The van der Waals surface area contributed by atoms with E-state index in [0.717, 1.165) is 55.7 Å². The van der Waals surface area contributed by atoms with Crippen LogP contribution in [0, 0.1) is 12.7 Å². The molecule has 0 saturated heterocycles. The summed E-state index contributed by atoms with van der Waals surface area (Å²) in [6.45, 7) is 4.19. The standard InChI is InChI=1S/C44H40FN5O2/c1-30-27-34(23-25-47-30)42-39-28-33(24-26-49(43(51)52-3)31(2)32-19-21-38(45)22-20-32)40(46)29-41(39)50(48-42)44(35-13-7-4-8-14-35,36-15-9-5-10-16-36)37-17-11-6-12-18-37/h4-23,25,27-29,31H,24,26,46H2,1-3H3/t31-/m1/s1. The molecule has 8 heteroatoms. The van der Waals surface area contributed by atoms with Crippen LogP contribution in [0.2, 0.25) is 0 Å². The van der Waals surface area contributed by atoms with E-state index in [0.29, 0.717) is 18.7 Å². The molecule has 7 rings (SSSR count). The lowest BCUT2D eigenvalue weighted by molar-refractivity contribution is 0.108. The Labute approximate surface area is 303 Å². The molecule has 0 aliphatic heterocycles. The molecule has 7 aromatic rings. The van der Waals surface area contributed by atoms with E-state index in [4.69, 9.17) is 15.6 Å². The van der Waals surface area contributed by atoms with Crippen LogP contribution in [0.25, 0.3) is 22.2 Å². The van der Waals surface area contributed by atoms with Crippen LogP contribution in [-0.2, 0) is 16.7 Å². The Balaban J connectivity index is 1.44. The number of nitrogens with zero attached hydrogens (tertiary/aromatic N) is 4. The maximum absolute atomic E-state index is 13.7. The number of amides is 1. The van der Waals surface area contributed by atoms with Crippen LogP contribution in [0.5, 0.6) is 0 Å². The molecule has 2 heterocycles. The number of aryl methyl sites for hydroxylation is 1. The van der Waals surface area contributed by atoms with Crippen LogP contribution < -0.4 is 5.73 Å². The fourth-order valence-corrected chi connectivity index (χ4v) is 7.23. The summed E-state index contributed by atoms with van der Waals surface area (Å²) in [7, 11) is 1.36. The van der Waals surface area contributed by atoms with E-state index in [9.17, 15) is 9.18 Å². The Morgan fingerprint density at radius 1 is 0.846 bits per heavy atom. The molecular formula is C44H40FN5O2. The highest BCUT2D eigenvalue weighted by Crippen LogP contribution is 2.44. The lowest BCUT2D eigenvalue weighted by Gasteiger charge is -2.37. The molecule has 2 N–H and O–H groups in total. The van der Waals surface area contributed by atoms with E-state index in [2.05, 4.69) is 88.5 Å². The zero-order valence-electron chi connectivity index (χ0n) is 29.4. The van der Waals surface area contributed by atoms with Gasteiger partial charge in [-0.1, -0.05) is 103 Å². The van der Waals surface area contributed by atoms with Crippen molar-refractivity contribution in [2.24, 2.45) is 0 Å². The molecule has 260 valence electrons. The minimum atomic E-state index is -0.872. The Morgan fingerprint density at radius 2 is 1.42 bits per heavy atom. The van der Waals surface area contributed by atoms with Crippen molar-refractivity contribution in [3.8, 4) is 11.3 Å². The predicted molar refractivity (Wildman–Crippen MR) is 204 cm³/mol. The molecule has 0 spiro atoms. The summed E-state index contributed by atoms with van der Waals surface area (Å²) in [6.07, 6.45) is 1.77. The highest BCUT2D eigenvalue weighted by Gasteiger charge is 2.41. The number of nitrogens with two attached hydrogens (primary N) is 1. The molecule has 1 amide bonds. The number of carbonyl (C=O) groups is 1. The van der Waals surface area contributed by atoms with Crippen molar-refractivity contribution >= 4 is 22.7 Å². The van der Waals surface area contributed by atoms with Crippen molar-refractivity contribution in [1.82, 2.24) is 19.7 Å². The van der Waals surface area contributed by atoms with Crippen LogP contribution in [0.1, 0.15) is 46.5 Å². The van der Waals surface area contributed by atoms with Crippen LogP contribution in [0.15, 0.2) is 146 Å². The van der Waals surface area contributed by atoms with Crippen LogP contribution in [-0.4, -0.2) is 39.4 Å². The number of methoxy groups -OCH3 is 1. The summed E-state index contributed by atoms with van der Waals surface area (Å²) in [6, 6.07) is 45.2. The number of fused-ring (bicyclic) bond motifs is 1. The van der Waals surface area contributed by atoms with E-state index in [1.54, 1.807) is 23.2 Å². The molecule has 5 aromatic carbocycles. The van der Waals surface area contributed by atoms with Gasteiger partial charge in [-0.2, -0.15) is 5.10 Å². The maximum atomic E-state index is 13.7. The molecule has 0 aliphatic rings. The number of anilines is 1. The number of hydrogen-bond acceptors (Lipinski definition) is 5. The Kier molecular flexibility index (Phi) is 9.55. The summed E-state index contributed by atoms with van der Waals surface area (Å²) >= 11 is 0. The third-order valence-electron chi connectivity index (χ3n) is 9.85. The molecule has 52 heavy (non-hydrogen) atoms. The zero-order chi connectivity index (χ0) is 36.2. The fourth-order valence-electron chi connectivity index (χ4n) is 7.23. The number of hydrogen-bond donors (Lipinski definition) is 1. The molecule has 0 fully saturated rings. The van der Waals surface area contributed by atoms with Crippen molar-refractivity contribution in [1.29, 1.82) is 0 Å². The fraction of sp³-hybridized carbons (Fsp3) is 0.159. The zero-order valence-corrected chi connectivity index (χ0v) is 29.4. The summed E-state index contributed by atoms with van der Waals surface area (Å²) in [5.74, 6) is -0.335. The summed E-state index contributed by atoms with van der Waals surface area (Å²) in [5.41, 5.74) is 14.9. The first-order valence-corrected chi connectivity index (χ1v) is 17.3. The van der Waals surface area contributed by atoms with Gasteiger partial charge in [-0.15, -0.1) is 0 Å². The Hall–Kier alpha value is -6.28. The van der Waals surface area contributed by atoms with Crippen molar-refractivity contribution in [3.63, 3.8) is 0 Å². The van der Waals surface area contributed by atoms with Crippen LogP contribution >= 0.6 is 0 Å². The van der Waals surface area contributed by atoms with E-state index in [1.807, 2.05) is 50.2 Å². The molecule has 0 bridgehead atoms. The molecule has 0 unspecified atom stereocenters. The first kappa shape index (κ1) is 34.2. The van der Waals surface area contributed by atoms with E-state index in [-0.39, 0.29) is 11.9 Å².